The van der Waals surface area contributed by atoms with Crippen molar-refractivity contribution in [3.63, 3.8) is 0 Å². The first-order chi connectivity index (χ1) is 11.6. The predicted octanol–water partition coefficient (Wildman–Crippen LogP) is 1.21. The molecule has 25 heavy (non-hydrogen) atoms. The van der Waals surface area contributed by atoms with Crippen LogP contribution in [0.5, 0.6) is 0 Å². The first-order valence-electron chi connectivity index (χ1n) is 7.08. The molecule has 2 amide bonds. The van der Waals surface area contributed by atoms with Crippen LogP contribution in [0.2, 0.25) is 0 Å². The number of amides is 2. The van der Waals surface area contributed by atoms with Gasteiger partial charge in [-0.3, -0.25) is 0 Å². The third kappa shape index (κ3) is 4.10. The van der Waals surface area contributed by atoms with Crippen LogP contribution in [0.25, 0.3) is 0 Å². The van der Waals surface area contributed by atoms with E-state index in [0.717, 1.165) is 0 Å². The molecule has 0 fully saturated rings. The molecule has 1 heterocycles. The van der Waals surface area contributed by atoms with E-state index in [2.05, 4.69) is 9.97 Å². The van der Waals surface area contributed by atoms with Gasteiger partial charge in [-0.1, -0.05) is 18.2 Å². The SMILES string of the molecule is Cc1cc(C)nc(N(C(N)=O)S(=O)(=O)Cc2ccccc2C(=O)O)n1. The van der Waals surface area contributed by atoms with E-state index < -0.39 is 27.8 Å². The lowest BCUT2D eigenvalue weighted by atomic mass is 10.1. The molecule has 0 aliphatic carbocycles. The maximum Gasteiger partial charge on any atom is 0.335 e. The van der Waals surface area contributed by atoms with Gasteiger partial charge in [0.1, 0.15) is 0 Å². The molecule has 0 spiro atoms. The number of benzene rings is 1. The van der Waals surface area contributed by atoms with Crippen molar-refractivity contribution < 1.29 is 23.1 Å². The summed E-state index contributed by atoms with van der Waals surface area (Å²) >= 11 is 0. The molecule has 0 saturated carbocycles. The van der Waals surface area contributed by atoms with Gasteiger partial charge in [0.05, 0.1) is 11.3 Å². The highest BCUT2D eigenvalue weighted by atomic mass is 32.2. The van der Waals surface area contributed by atoms with Crippen LogP contribution in [-0.4, -0.2) is 35.5 Å². The Morgan fingerprint density at radius 3 is 2.24 bits per heavy atom. The van der Waals surface area contributed by atoms with Gasteiger partial charge in [0, 0.05) is 11.4 Å². The largest absolute Gasteiger partial charge is 0.478 e. The number of sulfonamides is 1. The fourth-order valence-electron chi connectivity index (χ4n) is 2.27. The highest BCUT2D eigenvalue weighted by Crippen LogP contribution is 2.20. The molecule has 0 saturated heterocycles. The number of carboxylic acids is 1. The molecule has 0 unspecified atom stereocenters. The van der Waals surface area contributed by atoms with Gasteiger partial charge in [0.15, 0.2) is 0 Å². The number of aryl methyl sites for hydroxylation is 2. The average molecular weight is 364 g/mol. The number of rotatable bonds is 5. The van der Waals surface area contributed by atoms with Crippen LogP contribution in [0.1, 0.15) is 27.3 Å². The fourth-order valence-corrected chi connectivity index (χ4v) is 3.65. The zero-order chi connectivity index (χ0) is 18.8. The summed E-state index contributed by atoms with van der Waals surface area (Å²) in [4.78, 5) is 30.9. The number of hydrogen-bond donors (Lipinski definition) is 2. The van der Waals surface area contributed by atoms with E-state index in [1.165, 1.54) is 24.3 Å². The van der Waals surface area contributed by atoms with Crippen LogP contribution < -0.4 is 10.0 Å². The molecule has 0 aliphatic rings. The number of nitrogens with zero attached hydrogens (tertiary/aromatic N) is 3. The van der Waals surface area contributed by atoms with Crippen molar-refractivity contribution in [1.29, 1.82) is 0 Å². The molecular weight excluding hydrogens is 348 g/mol. The predicted molar refractivity (Wildman–Crippen MR) is 89.6 cm³/mol. The highest BCUT2D eigenvalue weighted by Gasteiger charge is 2.31. The quantitative estimate of drug-likeness (QED) is 0.811. The molecule has 0 radical (unpaired) electrons. The molecule has 9 nitrogen and oxygen atoms in total. The zero-order valence-electron chi connectivity index (χ0n) is 13.5. The number of hydrogen-bond acceptors (Lipinski definition) is 6. The fraction of sp³-hybridized carbons (Fsp3) is 0.200. The second kappa shape index (κ2) is 6.85. The molecule has 1 aromatic heterocycles. The topological polar surface area (TPSA) is 144 Å². The van der Waals surface area contributed by atoms with E-state index in [1.54, 1.807) is 19.9 Å². The Bertz CT molecular complexity index is 922. The smallest absolute Gasteiger partial charge is 0.335 e. The molecular formula is C15H16N4O5S. The Kier molecular flexibility index (Phi) is 5.02. The van der Waals surface area contributed by atoms with Gasteiger partial charge in [-0.05, 0) is 31.5 Å². The van der Waals surface area contributed by atoms with Crippen molar-refractivity contribution in [3.8, 4) is 0 Å². The van der Waals surface area contributed by atoms with Crippen LogP contribution in [-0.2, 0) is 15.8 Å². The maximum absolute atomic E-state index is 12.7. The van der Waals surface area contributed by atoms with Gasteiger partial charge in [-0.15, -0.1) is 0 Å². The van der Waals surface area contributed by atoms with Crippen molar-refractivity contribution >= 4 is 28.0 Å². The van der Waals surface area contributed by atoms with E-state index in [1.807, 2.05) is 0 Å². The minimum Gasteiger partial charge on any atom is -0.478 e. The Labute approximate surface area is 144 Å². The second-order valence-electron chi connectivity index (χ2n) is 5.27. The van der Waals surface area contributed by atoms with Gasteiger partial charge in [0.25, 0.3) is 0 Å². The van der Waals surface area contributed by atoms with Crippen LogP contribution in [0.15, 0.2) is 30.3 Å². The van der Waals surface area contributed by atoms with Crippen molar-refractivity contribution in [1.82, 2.24) is 9.97 Å². The van der Waals surface area contributed by atoms with Gasteiger partial charge >= 0.3 is 12.0 Å². The van der Waals surface area contributed by atoms with E-state index in [9.17, 15) is 23.1 Å². The number of nitrogens with two attached hydrogens (primary N) is 1. The van der Waals surface area contributed by atoms with Crippen molar-refractivity contribution in [2.75, 3.05) is 4.31 Å². The lowest BCUT2D eigenvalue weighted by Crippen LogP contribution is -2.42. The number of carbonyl (C=O) groups is 2. The zero-order valence-corrected chi connectivity index (χ0v) is 14.3. The number of aromatic nitrogens is 2. The summed E-state index contributed by atoms with van der Waals surface area (Å²) < 4.78 is 25.7. The second-order valence-corrected chi connectivity index (χ2v) is 7.09. The Morgan fingerprint density at radius 1 is 1.16 bits per heavy atom. The summed E-state index contributed by atoms with van der Waals surface area (Å²) in [5, 5.41) is 9.18. The molecule has 2 aromatic rings. The average Bonchev–Trinajstić information content (AvgIpc) is 2.45. The van der Waals surface area contributed by atoms with Crippen LogP contribution in [0, 0.1) is 13.8 Å². The monoisotopic (exact) mass is 364 g/mol. The third-order valence-electron chi connectivity index (χ3n) is 3.22. The van der Waals surface area contributed by atoms with Gasteiger partial charge < -0.3 is 10.8 Å². The molecule has 2 rings (SSSR count). The number of carboxylic acid groups (broad SMARTS) is 1. The number of anilines is 1. The lowest BCUT2D eigenvalue weighted by Gasteiger charge is -2.19. The highest BCUT2D eigenvalue weighted by molar-refractivity contribution is 7.92. The van der Waals surface area contributed by atoms with E-state index in [0.29, 0.717) is 11.4 Å². The summed E-state index contributed by atoms with van der Waals surface area (Å²) in [6, 6.07) is 5.92. The standard InChI is InChI=1S/C15H16N4O5S/c1-9-7-10(2)18-15(17-9)19(14(16)22)25(23,24)8-11-5-3-4-6-12(11)13(20)21/h3-7H,8H2,1-2H3,(H2,16,22)(H,20,21). The summed E-state index contributed by atoms with van der Waals surface area (Å²) in [6.45, 7) is 3.23. The van der Waals surface area contributed by atoms with Gasteiger partial charge in [0.2, 0.25) is 16.0 Å². The Hall–Kier alpha value is -3.01. The first kappa shape index (κ1) is 18.3. The summed E-state index contributed by atoms with van der Waals surface area (Å²) in [6.07, 6.45) is 0. The molecule has 1 aromatic carbocycles. The molecule has 3 N–H and O–H groups in total. The van der Waals surface area contributed by atoms with Crippen LogP contribution in [0.3, 0.4) is 0 Å². The van der Waals surface area contributed by atoms with Crippen molar-refractivity contribution in [2.45, 2.75) is 19.6 Å². The van der Waals surface area contributed by atoms with Crippen LogP contribution in [0.4, 0.5) is 10.7 Å². The summed E-state index contributed by atoms with van der Waals surface area (Å²) in [5.74, 6) is -2.40. The normalized spacial score (nSPS) is 11.1. The number of urea groups is 1. The van der Waals surface area contributed by atoms with Crippen molar-refractivity contribution in [3.05, 3.63) is 52.8 Å². The number of primary amides is 1. The lowest BCUT2D eigenvalue weighted by molar-refractivity contribution is 0.0696. The van der Waals surface area contributed by atoms with Gasteiger partial charge in [-0.25, -0.2) is 28.0 Å². The first-order valence-corrected chi connectivity index (χ1v) is 8.68. The van der Waals surface area contributed by atoms with E-state index in [-0.39, 0.29) is 21.4 Å². The van der Waals surface area contributed by atoms with Crippen LogP contribution >= 0.6 is 0 Å². The minimum absolute atomic E-state index is 0.0191. The van der Waals surface area contributed by atoms with E-state index in [4.69, 9.17) is 5.73 Å². The molecule has 0 aliphatic heterocycles. The molecule has 0 bridgehead atoms. The Morgan fingerprint density at radius 2 is 1.72 bits per heavy atom. The minimum atomic E-state index is -4.35. The Balaban J connectivity index is 2.51. The number of carbonyl (C=O) groups excluding carboxylic acids is 1. The third-order valence-corrected chi connectivity index (χ3v) is 4.79. The maximum atomic E-state index is 12.7. The molecule has 0 atom stereocenters. The summed E-state index contributed by atoms with van der Waals surface area (Å²) in [5.41, 5.74) is 5.96. The van der Waals surface area contributed by atoms with Gasteiger partial charge in [-0.2, -0.15) is 4.31 Å². The summed E-state index contributed by atoms with van der Waals surface area (Å²) in [7, 11) is -4.35. The van der Waals surface area contributed by atoms with Crippen molar-refractivity contribution in [2.24, 2.45) is 5.73 Å². The molecule has 10 heteroatoms. The van der Waals surface area contributed by atoms with E-state index >= 15 is 0 Å². The number of aromatic carboxylic acids is 1. The molecule has 132 valence electrons.